The quantitative estimate of drug-likeness (QED) is 0.650. The van der Waals surface area contributed by atoms with Crippen molar-refractivity contribution in [2.45, 2.75) is 0 Å². The van der Waals surface area contributed by atoms with Crippen LogP contribution in [-0.2, 0) is 0 Å². The van der Waals surface area contributed by atoms with Crippen LogP contribution < -0.4 is 10.9 Å². The zero-order chi connectivity index (χ0) is 9.14. The monoisotopic (exact) mass is 414 g/mol. The molecular weight excluding hydrogens is 413 g/mol. The second-order valence-corrected chi connectivity index (χ2v) is 8.39. The lowest BCUT2D eigenvalue weighted by Gasteiger charge is -2.03. The molecule has 0 aliphatic rings. The molecule has 0 bridgehead atoms. The van der Waals surface area contributed by atoms with Gasteiger partial charge in [0, 0.05) is 0 Å². The first-order chi connectivity index (χ1) is 5.61. The van der Waals surface area contributed by atoms with Crippen molar-refractivity contribution >= 4 is 82.7 Å². The van der Waals surface area contributed by atoms with Crippen LogP contribution in [0.2, 0.25) is 0 Å². The fourth-order valence-corrected chi connectivity index (χ4v) is 1.97. The van der Waals surface area contributed by atoms with E-state index in [1.165, 1.54) is 10.9 Å². The first-order valence-electron chi connectivity index (χ1n) is 3.27. The van der Waals surface area contributed by atoms with Gasteiger partial charge in [0.15, 0.2) is 0 Å². The van der Waals surface area contributed by atoms with Crippen molar-refractivity contribution in [1.82, 2.24) is 0 Å². The van der Waals surface area contributed by atoms with Crippen LogP contribution in [0.1, 0.15) is 0 Å². The van der Waals surface area contributed by atoms with Gasteiger partial charge in [0.1, 0.15) is 0 Å². The molecule has 0 unspecified atom stereocenters. The largest absolute Gasteiger partial charge is 0.329 e. The van der Waals surface area contributed by atoms with Crippen molar-refractivity contribution in [3.63, 3.8) is 0 Å². The van der Waals surface area contributed by atoms with Crippen LogP contribution in [-0.4, -0.2) is 8.72 Å². The fourth-order valence-electron chi connectivity index (χ4n) is 0.830. The Balaban J connectivity index is 2.96. The summed E-state index contributed by atoms with van der Waals surface area (Å²) in [7, 11) is 0. The standard InChI is InChI=1S/C6H4B2Br4/c9-7(10)5-2-1-3-6(4-5)8(11)12/h1-4H. The Kier molecular flexibility index (Phi) is 4.94. The maximum absolute atomic E-state index is 3.45. The summed E-state index contributed by atoms with van der Waals surface area (Å²) in [5.41, 5.74) is 2.44. The summed E-state index contributed by atoms with van der Waals surface area (Å²) < 4.78 is 0.451. The summed E-state index contributed by atoms with van der Waals surface area (Å²) in [4.78, 5) is 0. The number of benzene rings is 1. The van der Waals surface area contributed by atoms with E-state index < -0.39 is 0 Å². The second-order valence-electron chi connectivity index (χ2n) is 2.27. The summed E-state index contributed by atoms with van der Waals surface area (Å²) in [5, 5.41) is 0. The fraction of sp³-hybridized carbons (Fsp3) is 0. The predicted octanol–water partition coefficient (Wildman–Crippen LogP) is 2.66. The average molecular weight is 417 g/mol. The third kappa shape index (κ3) is 3.20. The minimum atomic E-state index is 0.226. The van der Waals surface area contributed by atoms with E-state index in [9.17, 15) is 0 Å². The van der Waals surface area contributed by atoms with Crippen LogP contribution in [0.25, 0.3) is 0 Å². The second kappa shape index (κ2) is 5.23. The first-order valence-corrected chi connectivity index (χ1v) is 6.93. The Labute approximate surface area is 106 Å². The zero-order valence-electron chi connectivity index (χ0n) is 5.98. The minimum absolute atomic E-state index is 0.226. The number of halogens is 4. The van der Waals surface area contributed by atoms with Crippen LogP contribution in [0, 0.1) is 0 Å². The van der Waals surface area contributed by atoms with Gasteiger partial charge in [0.05, 0.1) is 0 Å². The van der Waals surface area contributed by atoms with Gasteiger partial charge in [0.2, 0.25) is 0 Å². The molecule has 1 rings (SSSR count). The molecule has 0 fully saturated rings. The van der Waals surface area contributed by atoms with E-state index in [1.807, 2.05) is 6.07 Å². The summed E-state index contributed by atoms with van der Waals surface area (Å²) in [6, 6.07) is 8.30. The van der Waals surface area contributed by atoms with E-state index in [1.54, 1.807) is 0 Å². The molecular formula is C6H4B2Br4. The average Bonchev–Trinajstić information content (AvgIpc) is 2.04. The van der Waals surface area contributed by atoms with Gasteiger partial charge < -0.3 is 0 Å². The van der Waals surface area contributed by atoms with E-state index in [4.69, 9.17) is 0 Å². The predicted molar refractivity (Wildman–Crippen MR) is 72.9 cm³/mol. The third-order valence-corrected chi connectivity index (χ3v) is 3.53. The molecule has 0 heterocycles. The topological polar surface area (TPSA) is 0 Å². The van der Waals surface area contributed by atoms with Crippen molar-refractivity contribution in [3.8, 4) is 0 Å². The SMILES string of the molecule is BrB(Br)c1cccc(B(Br)Br)c1. The van der Waals surface area contributed by atoms with Crippen LogP contribution in [0.15, 0.2) is 24.3 Å². The van der Waals surface area contributed by atoms with E-state index >= 15 is 0 Å². The molecule has 6 heteroatoms. The molecule has 0 atom stereocenters. The van der Waals surface area contributed by atoms with Gasteiger partial charge in [0.25, 0.3) is 0 Å². The van der Waals surface area contributed by atoms with Crippen molar-refractivity contribution in [1.29, 1.82) is 0 Å². The highest BCUT2D eigenvalue weighted by Gasteiger charge is 2.12. The minimum Gasteiger partial charge on any atom is -0.132 e. The smallest absolute Gasteiger partial charge is 0.132 e. The van der Waals surface area contributed by atoms with E-state index in [0.29, 0.717) is 0 Å². The summed E-state index contributed by atoms with van der Waals surface area (Å²) in [5.74, 6) is 0. The van der Waals surface area contributed by atoms with Crippen LogP contribution in [0.4, 0.5) is 0 Å². The molecule has 0 saturated carbocycles. The highest BCUT2D eigenvalue weighted by molar-refractivity contribution is 9.50. The van der Waals surface area contributed by atoms with Gasteiger partial charge in [-0.3, -0.25) is 0 Å². The third-order valence-electron chi connectivity index (χ3n) is 1.41. The molecule has 62 valence electrons. The lowest BCUT2D eigenvalue weighted by atomic mass is 9.87. The normalized spacial score (nSPS) is 9.67. The number of hydrogen-bond acceptors (Lipinski definition) is 0. The summed E-state index contributed by atoms with van der Waals surface area (Å²) in [6.07, 6.45) is 0. The van der Waals surface area contributed by atoms with Gasteiger partial charge in [-0.2, -0.15) is 0 Å². The van der Waals surface area contributed by atoms with Crippen LogP contribution in [0.3, 0.4) is 0 Å². The van der Waals surface area contributed by atoms with E-state index in [2.05, 4.69) is 81.2 Å². The molecule has 0 N–H and O–H groups in total. The molecule has 0 aliphatic heterocycles. The molecule has 0 nitrogen and oxygen atoms in total. The van der Waals surface area contributed by atoms with Crippen LogP contribution in [0.5, 0.6) is 0 Å². The van der Waals surface area contributed by atoms with E-state index in [0.717, 1.165) is 0 Å². The lowest BCUT2D eigenvalue weighted by Crippen LogP contribution is -2.26. The molecule has 0 aliphatic carbocycles. The Bertz CT molecular complexity index is 240. The van der Waals surface area contributed by atoms with Crippen molar-refractivity contribution < 1.29 is 0 Å². The molecule has 1 aromatic carbocycles. The highest BCUT2D eigenvalue weighted by Crippen LogP contribution is 2.05. The molecule has 0 spiro atoms. The Morgan fingerprint density at radius 2 is 1.25 bits per heavy atom. The number of hydrogen-bond donors (Lipinski definition) is 0. The first kappa shape index (κ1) is 11.3. The summed E-state index contributed by atoms with van der Waals surface area (Å²) >= 11 is 13.8. The molecule has 1 aromatic rings. The van der Waals surface area contributed by atoms with Gasteiger partial charge in [-0.15, -0.1) is 63.0 Å². The maximum Gasteiger partial charge on any atom is 0.329 e. The Morgan fingerprint density at radius 1 is 0.833 bits per heavy atom. The molecule has 0 amide bonds. The van der Waals surface area contributed by atoms with Crippen molar-refractivity contribution in [2.75, 3.05) is 0 Å². The maximum atomic E-state index is 3.45. The highest BCUT2D eigenvalue weighted by atomic mass is 79.9. The summed E-state index contributed by atoms with van der Waals surface area (Å²) in [6.45, 7) is 0. The lowest BCUT2D eigenvalue weighted by molar-refractivity contribution is 1.84. The van der Waals surface area contributed by atoms with Gasteiger partial charge in [-0.25, -0.2) is 0 Å². The molecule has 12 heavy (non-hydrogen) atoms. The Hall–Kier alpha value is 1.27. The van der Waals surface area contributed by atoms with E-state index in [-0.39, 0.29) is 8.72 Å². The molecule has 0 radical (unpaired) electrons. The van der Waals surface area contributed by atoms with Gasteiger partial charge in [-0.1, -0.05) is 35.2 Å². The van der Waals surface area contributed by atoms with Gasteiger partial charge >= 0.3 is 8.72 Å². The zero-order valence-corrected chi connectivity index (χ0v) is 12.3. The van der Waals surface area contributed by atoms with Gasteiger partial charge in [-0.05, 0) is 0 Å². The van der Waals surface area contributed by atoms with Crippen molar-refractivity contribution in [3.05, 3.63) is 24.3 Å². The Morgan fingerprint density at radius 3 is 1.58 bits per heavy atom. The molecule has 0 aromatic heterocycles. The van der Waals surface area contributed by atoms with Crippen molar-refractivity contribution in [2.24, 2.45) is 0 Å². The molecule has 0 saturated heterocycles. The van der Waals surface area contributed by atoms with Crippen LogP contribution >= 0.6 is 63.0 Å². The number of rotatable bonds is 2.